The van der Waals surface area contributed by atoms with E-state index in [1.807, 2.05) is 24.3 Å². The maximum atomic E-state index is 12.2. The minimum Gasteiger partial charge on any atom is -0.494 e. The summed E-state index contributed by atoms with van der Waals surface area (Å²) < 4.78 is 1.80. The predicted molar refractivity (Wildman–Crippen MR) is 79.0 cm³/mol. The molecule has 5 rings (SSSR count). The molecule has 100 valence electrons. The molecule has 21 heavy (non-hydrogen) atoms. The largest absolute Gasteiger partial charge is 0.494 e. The van der Waals surface area contributed by atoms with Gasteiger partial charge in [0.05, 0.1) is 16.3 Å². The van der Waals surface area contributed by atoms with Crippen molar-refractivity contribution in [1.82, 2.24) is 19.4 Å². The highest BCUT2D eigenvalue weighted by Crippen LogP contribution is 2.35. The van der Waals surface area contributed by atoms with Crippen LogP contribution in [0.15, 0.2) is 41.5 Å². The quantitative estimate of drug-likeness (QED) is 0.453. The van der Waals surface area contributed by atoms with Crippen molar-refractivity contribution in [2.45, 2.75) is 0 Å². The van der Waals surface area contributed by atoms with Gasteiger partial charge in [0.1, 0.15) is 5.65 Å². The Hall–Kier alpha value is -3.15. The van der Waals surface area contributed by atoms with Gasteiger partial charge in [-0.15, -0.1) is 0 Å². The van der Waals surface area contributed by atoms with E-state index in [0.29, 0.717) is 22.1 Å². The first-order valence-corrected chi connectivity index (χ1v) is 6.47. The van der Waals surface area contributed by atoms with Gasteiger partial charge >= 0.3 is 0 Å². The molecule has 0 amide bonds. The summed E-state index contributed by atoms with van der Waals surface area (Å²) in [5, 5.41) is 12.6. The van der Waals surface area contributed by atoms with Crippen molar-refractivity contribution in [1.29, 1.82) is 0 Å². The van der Waals surface area contributed by atoms with Crippen LogP contribution in [-0.4, -0.2) is 24.5 Å². The third-order valence-electron chi connectivity index (χ3n) is 3.91. The Kier molecular flexibility index (Phi) is 1.66. The monoisotopic (exact) mass is 276 g/mol. The average molecular weight is 276 g/mol. The molecule has 0 bridgehead atoms. The van der Waals surface area contributed by atoms with Gasteiger partial charge in [-0.05, 0) is 6.07 Å². The summed E-state index contributed by atoms with van der Waals surface area (Å²) in [6, 6.07) is 7.64. The molecule has 6 heteroatoms. The molecule has 4 heterocycles. The summed E-state index contributed by atoms with van der Waals surface area (Å²) >= 11 is 0. The number of benzene rings is 1. The van der Waals surface area contributed by atoms with Crippen molar-refractivity contribution in [2.24, 2.45) is 0 Å². The first kappa shape index (κ1) is 10.6. The van der Waals surface area contributed by atoms with Crippen LogP contribution in [0.3, 0.4) is 0 Å². The van der Waals surface area contributed by atoms with E-state index in [1.165, 1.54) is 0 Å². The van der Waals surface area contributed by atoms with Crippen LogP contribution in [0, 0.1) is 0 Å². The molecule has 0 unspecified atom stereocenters. The first-order valence-electron chi connectivity index (χ1n) is 6.47. The first-order chi connectivity index (χ1) is 10.3. The molecule has 0 aliphatic rings. The van der Waals surface area contributed by atoms with Gasteiger partial charge < -0.3 is 5.11 Å². The SMILES string of the molecule is O=c1[nH]c(O)c2c1c1c3ccccc3nc1n1ccnc21. The summed E-state index contributed by atoms with van der Waals surface area (Å²) in [4.78, 5) is 23.6. The number of hydrogen-bond donors (Lipinski definition) is 2. The van der Waals surface area contributed by atoms with Crippen LogP contribution in [0.1, 0.15) is 0 Å². The molecule has 0 aliphatic carbocycles. The number of rotatable bonds is 0. The summed E-state index contributed by atoms with van der Waals surface area (Å²) in [5.74, 6) is -0.154. The molecule has 1 aromatic carbocycles. The lowest BCUT2D eigenvalue weighted by Crippen LogP contribution is -1.98. The van der Waals surface area contributed by atoms with Gasteiger partial charge in [0.15, 0.2) is 5.65 Å². The molecule has 0 spiro atoms. The van der Waals surface area contributed by atoms with Crippen LogP contribution in [0.25, 0.3) is 38.4 Å². The van der Waals surface area contributed by atoms with Crippen LogP contribution >= 0.6 is 0 Å². The van der Waals surface area contributed by atoms with E-state index in [9.17, 15) is 9.90 Å². The molecule has 0 atom stereocenters. The van der Waals surface area contributed by atoms with E-state index in [1.54, 1.807) is 16.8 Å². The highest BCUT2D eigenvalue weighted by atomic mass is 16.3. The Morgan fingerprint density at radius 1 is 1.10 bits per heavy atom. The van der Waals surface area contributed by atoms with Gasteiger partial charge in [-0.3, -0.25) is 14.2 Å². The third-order valence-corrected chi connectivity index (χ3v) is 3.91. The van der Waals surface area contributed by atoms with Crippen LogP contribution < -0.4 is 5.56 Å². The number of nitrogens with zero attached hydrogens (tertiary/aromatic N) is 3. The Morgan fingerprint density at radius 2 is 1.95 bits per heavy atom. The summed E-state index contributed by atoms with van der Waals surface area (Å²) in [6.07, 6.45) is 3.41. The Morgan fingerprint density at radius 3 is 2.86 bits per heavy atom. The number of aromatic nitrogens is 4. The van der Waals surface area contributed by atoms with Crippen molar-refractivity contribution in [3.8, 4) is 5.88 Å². The maximum absolute atomic E-state index is 12.2. The van der Waals surface area contributed by atoms with Crippen LogP contribution in [0.5, 0.6) is 5.88 Å². The number of aromatic amines is 1. The minimum atomic E-state index is -0.323. The fourth-order valence-electron chi connectivity index (χ4n) is 3.07. The van der Waals surface area contributed by atoms with E-state index >= 15 is 0 Å². The van der Waals surface area contributed by atoms with Crippen molar-refractivity contribution < 1.29 is 5.11 Å². The molecule has 0 aliphatic heterocycles. The molecule has 4 aromatic heterocycles. The summed E-state index contributed by atoms with van der Waals surface area (Å²) in [6.45, 7) is 0. The highest BCUT2D eigenvalue weighted by molar-refractivity contribution is 6.22. The molecular formula is C15H8N4O2. The van der Waals surface area contributed by atoms with Gasteiger partial charge in [-0.1, -0.05) is 18.2 Å². The molecule has 0 radical (unpaired) electrons. The molecule has 0 fully saturated rings. The van der Waals surface area contributed by atoms with Crippen molar-refractivity contribution >= 4 is 38.4 Å². The molecule has 2 N–H and O–H groups in total. The molecule has 6 nitrogen and oxygen atoms in total. The fourth-order valence-corrected chi connectivity index (χ4v) is 3.07. The number of H-pyrrole nitrogens is 1. The van der Waals surface area contributed by atoms with E-state index < -0.39 is 0 Å². The number of pyridine rings is 1. The molecule has 0 saturated carbocycles. The number of aromatic hydroxyl groups is 1. The van der Waals surface area contributed by atoms with Gasteiger partial charge in [0.25, 0.3) is 5.56 Å². The number of nitrogens with one attached hydrogen (secondary N) is 1. The summed E-state index contributed by atoms with van der Waals surface area (Å²) in [7, 11) is 0. The minimum absolute atomic E-state index is 0.154. The van der Waals surface area contributed by atoms with E-state index in [-0.39, 0.29) is 11.4 Å². The topological polar surface area (TPSA) is 83.3 Å². The number of fused-ring (bicyclic) bond motifs is 8. The summed E-state index contributed by atoms with van der Waals surface area (Å²) in [5.41, 5.74) is 1.69. The Balaban J connectivity index is 2.32. The van der Waals surface area contributed by atoms with Gasteiger partial charge in [0.2, 0.25) is 5.88 Å². The predicted octanol–water partition coefficient (Wildman–Crippen LogP) is 2.02. The van der Waals surface area contributed by atoms with Crippen LogP contribution in [0.4, 0.5) is 0 Å². The van der Waals surface area contributed by atoms with E-state index in [0.717, 1.165) is 16.3 Å². The lowest BCUT2D eigenvalue weighted by molar-refractivity contribution is 0.462. The van der Waals surface area contributed by atoms with Gasteiger partial charge in [-0.25, -0.2) is 9.97 Å². The van der Waals surface area contributed by atoms with E-state index in [2.05, 4.69) is 15.0 Å². The zero-order chi connectivity index (χ0) is 14.1. The normalized spacial score (nSPS) is 12.2. The number of para-hydroxylation sites is 1. The van der Waals surface area contributed by atoms with Crippen LogP contribution in [0.2, 0.25) is 0 Å². The molecule has 5 aromatic rings. The second-order valence-electron chi connectivity index (χ2n) is 5.00. The molecule has 0 saturated heterocycles. The lowest BCUT2D eigenvalue weighted by atomic mass is 10.1. The highest BCUT2D eigenvalue weighted by Gasteiger charge is 2.21. The standard InChI is InChI=1S/C15H8N4O2/c20-14-10-9-7-3-1-2-4-8(7)17-13(9)19-6-5-16-12(19)11(10)15(21)18-14/h1-6,21H,(H,18,20). The number of hydrogen-bond acceptors (Lipinski definition) is 4. The zero-order valence-corrected chi connectivity index (χ0v) is 10.7. The van der Waals surface area contributed by atoms with E-state index in [4.69, 9.17) is 0 Å². The fraction of sp³-hybridized carbons (Fsp3) is 0. The Labute approximate surface area is 116 Å². The van der Waals surface area contributed by atoms with Gasteiger partial charge in [-0.2, -0.15) is 0 Å². The zero-order valence-electron chi connectivity index (χ0n) is 10.7. The Bertz CT molecular complexity index is 1220. The maximum Gasteiger partial charge on any atom is 0.259 e. The second kappa shape index (κ2) is 3.29. The van der Waals surface area contributed by atoms with Crippen molar-refractivity contribution in [2.75, 3.05) is 0 Å². The molecular weight excluding hydrogens is 268 g/mol. The van der Waals surface area contributed by atoms with Gasteiger partial charge in [0, 0.05) is 23.2 Å². The van der Waals surface area contributed by atoms with Crippen molar-refractivity contribution in [3.05, 3.63) is 47.0 Å². The van der Waals surface area contributed by atoms with Crippen molar-refractivity contribution in [3.63, 3.8) is 0 Å². The number of imidazole rings is 1. The van der Waals surface area contributed by atoms with Crippen LogP contribution in [-0.2, 0) is 0 Å². The second-order valence-corrected chi connectivity index (χ2v) is 5.00. The third kappa shape index (κ3) is 1.11. The smallest absolute Gasteiger partial charge is 0.259 e. The lowest BCUT2D eigenvalue weighted by Gasteiger charge is -1.99. The average Bonchev–Trinajstić information content (AvgIpc) is 3.14.